The number of likely N-dealkylation sites (tertiary alicyclic amines) is 2. The number of nitrogens with zero attached hydrogens (tertiary/aromatic N) is 5. The van der Waals surface area contributed by atoms with Gasteiger partial charge < -0.3 is 15.2 Å². The van der Waals surface area contributed by atoms with Crippen molar-refractivity contribution in [3.8, 4) is 0 Å². The summed E-state index contributed by atoms with van der Waals surface area (Å²) in [6, 6.07) is 0. The number of amides is 2. The molecule has 2 saturated heterocycles. The number of hydrogen-bond donors (Lipinski definition) is 1. The van der Waals surface area contributed by atoms with Gasteiger partial charge in [0.25, 0.3) is 0 Å². The van der Waals surface area contributed by atoms with Gasteiger partial charge in [0, 0.05) is 38.9 Å². The van der Waals surface area contributed by atoms with E-state index in [-0.39, 0.29) is 24.2 Å². The fourth-order valence-electron chi connectivity index (χ4n) is 4.00. The minimum Gasteiger partial charge on any atom is -0.370 e. The van der Waals surface area contributed by atoms with Gasteiger partial charge in [0.1, 0.15) is 11.6 Å². The molecule has 1 atom stereocenters. The van der Waals surface area contributed by atoms with Gasteiger partial charge in [0.05, 0.1) is 6.54 Å². The SMILES string of the molecule is Cn1c(CN2CCCC2)nnc1C1CCCN(C(=O)CCCC(N)=O)C1. The number of aromatic nitrogens is 3. The lowest BCUT2D eigenvalue weighted by Gasteiger charge is -2.32. The quantitative estimate of drug-likeness (QED) is 0.773. The highest BCUT2D eigenvalue weighted by molar-refractivity contribution is 5.78. The van der Waals surface area contributed by atoms with Crippen molar-refractivity contribution in [1.29, 1.82) is 0 Å². The van der Waals surface area contributed by atoms with Crippen LogP contribution in [0.15, 0.2) is 0 Å². The molecule has 0 radical (unpaired) electrons. The second kappa shape index (κ2) is 8.62. The summed E-state index contributed by atoms with van der Waals surface area (Å²) in [6.45, 7) is 4.60. The van der Waals surface area contributed by atoms with Crippen LogP contribution in [0, 0.1) is 0 Å². The average Bonchev–Trinajstić information content (AvgIpc) is 3.26. The van der Waals surface area contributed by atoms with Crippen LogP contribution < -0.4 is 5.73 Å². The third-order valence-corrected chi connectivity index (χ3v) is 5.52. The molecule has 1 aromatic rings. The molecule has 8 heteroatoms. The molecule has 0 saturated carbocycles. The molecule has 26 heavy (non-hydrogen) atoms. The van der Waals surface area contributed by atoms with E-state index in [2.05, 4.69) is 19.7 Å². The van der Waals surface area contributed by atoms with Crippen molar-refractivity contribution in [2.45, 2.75) is 57.4 Å². The van der Waals surface area contributed by atoms with E-state index in [1.54, 1.807) is 0 Å². The van der Waals surface area contributed by atoms with Gasteiger partial charge in [-0.1, -0.05) is 0 Å². The third-order valence-electron chi connectivity index (χ3n) is 5.52. The van der Waals surface area contributed by atoms with Crippen LogP contribution in [-0.2, 0) is 23.2 Å². The zero-order valence-electron chi connectivity index (χ0n) is 15.7. The van der Waals surface area contributed by atoms with Crippen LogP contribution in [0.5, 0.6) is 0 Å². The first-order valence-corrected chi connectivity index (χ1v) is 9.71. The zero-order chi connectivity index (χ0) is 18.5. The normalized spacial score (nSPS) is 21.3. The van der Waals surface area contributed by atoms with Gasteiger partial charge in [-0.05, 0) is 45.2 Å². The van der Waals surface area contributed by atoms with Gasteiger partial charge in [-0.15, -0.1) is 10.2 Å². The van der Waals surface area contributed by atoms with Gasteiger partial charge in [0.2, 0.25) is 11.8 Å². The maximum absolute atomic E-state index is 12.4. The van der Waals surface area contributed by atoms with Crippen molar-refractivity contribution in [3.63, 3.8) is 0 Å². The molecule has 8 nitrogen and oxygen atoms in total. The average molecular weight is 362 g/mol. The maximum Gasteiger partial charge on any atom is 0.222 e. The summed E-state index contributed by atoms with van der Waals surface area (Å²) < 4.78 is 2.12. The van der Waals surface area contributed by atoms with E-state index in [1.807, 2.05) is 11.9 Å². The van der Waals surface area contributed by atoms with Gasteiger partial charge in [-0.25, -0.2) is 0 Å². The number of nitrogens with two attached hydrogens (primary N) is 1. The van der Waals surface area contributed by atoms with E-state index in [4.69, 9.17) is 5.73 Å². The van der Waals surface area contributed by atoms with Crippen molar-refractivity contribution in [1.82, 2.24) is 24.6 Å². The highest BCUT2D eigenvalue weighted by atomic mass is 16.2. The lowest BCUT2D eigenvalue weighted by atomic mass is 9.96. The van der Waals surface area contributed by atoms with Crippen LogP contribution in [0.3, 0.4) is 0 Å². The molecule has 144 valence electrons. The van der Waals surface area contributed by atoms with Crippen LogP contribution in [0.25, 0.3) is 0 Å². The molecule has 2 aliphatic rings. The lowest BCUT2D eigenvalue weighted by molar-refractivity contribution is -0.132. The molecular formula is C18H30N6O2. The van der Waals surface area contributed by atoms with Gasteiger partial charge >= 0.3 is 0 Å². The number of carbonyl (C=O) groups excluding carboxylic acids is 2. The molecule has 2 N–H and O–H groups in total. The Morgan fingerprint density at radius 3 is 2.62 bits per heavy atom. The first kappa shape index (κ1) is 18.8. The Kier molecular flexibility index (Phi) is 6.24. The zero-order valence-corrected chi connectivity index (χ0v) is 15.7. The second-order valence-corrected chi connectivity index (χ2v) is 7.52. The summed E-state index contributed by atoms with van der Waals surface area (Å²) in [7, 11) is 2.04. The molecule has 3 rings (SSSR count). The van der Waals surface area contributed by atoms with Crippen LogP contribution >= 0.6 is 0 Å². The molecule has 2 fully saturated rings. The topological polar surface area (TPSA) is 97.3 Å². The largest absolute Gasteiger partial charge is 0.370 e. The first-order chi connectivity index (χ1) is 12.5. The van der Waals surface area contributed by atoms with E-state index < -0.39 is 0 Å². The summed E-state index contributed by atoms with van der Waals surface area (Å²) in [4.78, 5) is 27.6. The van der Waals surface area contributed by atoms with E-state index in [0.29, 0.717) is 19.4 Å². The number of primary amides is 1. The smallest absolute Gasteiger partial charge is 0.222 e. The minimum atomic E-state index is -0.348. The molecular weight excluding hydrogens is 332 g/mol. The monoisotopic (exact) mass is 362 g/mol. The highest BCUT2D eigenvalue weighted by Crippen LogP contribution is 2.26. The number of carbonyl (C=O) groups is 2. The maximum atomic E-state index is 12.4. The highest BCUT2D eigenvalue weighted by Gasteiger charge is 2.28. The molecule has 0 aromatic carbocycles. The van der Waals surface area contributed by atoms with Crippen molar-refractivity contribution >= 4 is 11.8 Å². The molecule has 1 unspecified atom stereocenters. The van der Waals surface area contributed by atoms with Crippen LogP contribution in [0.1, 0.15) is 62.5 Å². The Labute approximate surface area is 154 Å². The molecule has 2 aliphatic heterocycles. The van der Waals surface area contributed by atoms with Gasteiger partial charge in [0.15, 0.2) is 0 Å². The number of hydrogen-bond acceptors (Lipinski definition) is 5. The lowest BCUT2D eigenvalue weighted by Crippen LogP contribution is -2.39. The van der Waals surface area contributed by atoms with E-state index in [9.17, 15) is 9.59 Å². The third kappa shape index (κ3) is 4.60. The van der Waals surface area contributed by atoms with Crippen molar-refractivity contribution < 1.29 is 9.59 Å². The van der Waals surface area contributed by atoms with E-state index >= 15 is 0 Å². The van der Waals surface area contributed by atoms with E-state index in [1.165, 1.54) is 12.8 Å². The summed E-state index contributed by atoms with van der Waals surface area (Å²) >= 11 is 0. The summed E-state index contributed by atoms with van der Waals surface area (Å²) in [5, 5.41) is 8.86. The molecule has 2 amide bonds. The summed E-state index contributed by atoms with van der Waals surface area (Å²) in [5.74, 6) is 1.98. The fraction of sp³-hybridized carbons (Fsp3) is 0.778. The Bertz CT molecular complexity index is 638. The molecule has 3 heterocycles. The predicted octanol–water partition coefficient (Wildman–Crippen LogP) is 0.773. The molecule has 0 aliphatic carbocycles. The second-order valence-electron chi connectivity index (χ2n) is 7.52. The van der Waals surface area contributed by atoms with Crippen LogP contribution in [0.2, 0.25) is 0 Å². The van der Waals surface area contributed by atoms with Crippen LogP contribution in [0.4, 0.5) is 0 Å². The fourth-order valence-corrected chi connectivity index (χ4v) is 4.00. The Balaban J connectivity index is 1.57. The minimum absolute atomic E-state index is 0.107. The van der Waals surface area contributed by atoms with Gasteiger partial charge in [-0.2, -0.15) is 0 Å². The van der Waals surface area contributed by atoms with Crippen LogP contribution in [-0.4, -0.2) is 62.6 Å². The van der Waals surface area contributed by atoms with Crippen molar-refractivity contribution in [2.24, 2.45) is 12.8 Å². The summed E-state index contributed by atoms with van der Waals surface area (Å²) in [5.41, 5.74) is 5.15. The number of piperidine rings is 1. The molecule has 0 spiro atoms. The summed E-state index contributed by atoms with van der Waals surface area (Å²) in [6.07, 6.45) is 5.71. The standard InChI is InChI=1S/C18H30N6O2/c1-22-16(13-23-9-2-3-10-23)20-21-18(22)14-6-5-11-24(12-14)17(26)8-4-7-15(19)25/h14H,2-13H2,1H3,(H2,19,25). The Hall–Kier alpha value is -1.96. The molecule has 1 aromatic heterocycles. The van der Waals surface area contributed by atoms with E-state index in [0.717, 1.165) is 50.7 Å². The van der Waals surface area contributed by atoms with Crippen molar-refractivity contribution in [2.75, 3.05) is 26.2 Å². The number of rotatable bonds is 7. The van der Waals surface area contributed by atoms with Gasteiger partial charge in [-0.3, -0.25) is 14.5 Å². The molecule has 0 bridgehead atoms. The Morgan fingerprint density at radius 2 is 1.88 bits per heavy atom. The Morgan fingerprint density at radius 1 is 1.12 bits per heavy atom. The van der Waals surface area contributed by atoms with Crippen molar-refractivity contribution in [3.05, 3.63) is 11.6 Å². The first-order valence-electron chi connectivity index (χ1n) is 9.71. The predicted molar refractivity (Wildman–Crippen MR) is 97.1 cm³/mol.